The fraction of sp³-hybridized carbons (Fsp3) is 0.467. The quantitative estimate of drug-likeness (QED) is 0.156. The zero-order valence-electron chi connectivity index (χ0n) is 23.7. The van der Waals surface area contributed by atoms with E-state index in [4.69, 9.17) is 4.74 Å². The summed E-state index contributed by atoms with van der Waals surface area (Å²) in [5.41, 5.74) is 1.41. The summed E-state index contributed by atoms with van der Waals surface area (Å²) in [5, 5.41) is 7.65. The van der Waals surface area contributed by atoms with Crippen LogP contribution in [0.4, 0.5) is 28.9 Å². The van der Waals surface area contributed by atoms with E-state index in [-0.39, 0.29) is 12.1 Å². The molecule has 2 N–H and O–H groups in total. The first-order chi connectivity index (χ1) is 19.5. The van der Waals surface area contributed by atoms with Gasteiger partial charge in [-0.2, -0.15) is 13.2 Å². The summed E-state index contributed by atoms with van der Waals surface area (Å²) in [6.45, 7) is 5.03. The van der Waals surface area contributed by atoms with Gasteiger partial charge in [-0.15, -0.1) is 11.3 Å². The number of anilines is 2. The van der Waals surface area contributed by atoms with Crippen molar-refractivity contribution >= 4 is 45.2 Å². The molecule has 222 valence electrons. The Morgan fingerprint density at radius 3 is 2.59 bits per heavy atom. The van der Waals surface area contributed by atoms with Gasteiger partial charge in [0.1, 0.15) is 19.1 Å². The molecule has 1 aromatic heterocycles. The number of alkyl halides is 4. The van der Waals surface area contributed by atoms with Crippen molar-refractivity contribution in [1.82, 2.24) is 4.90 Å². The zero-order valence-corrected chi connectivity index (χ0v) is 25.4. The van der Waals surface area contributed by atoms with Crippen molar-refractivity contribution in [1.29, 1.82) is 0 Å². The summed E-state index contributed by atoms with van der Waals surface area (Å²) in [7, 11) is 0.919. The molecule has 3 aromatic rings. The van der Waals surface area contributed by atoms with Crippen molar-refractivity contribution < 1.29 is 26.9 Å². The van der Waals surface area contributed by atoms with Crippen LogP contribution < -0.4 is 20.7 Å². The second-order valence-corrected chi connectivity index (χ2v) is 14.8. The van der Waals surface area contributed by atoms with Gasteiger partial charge in [-0.25, -0.2) is 4.39 Å². The van der Waals surface area contributed by atoms with Gasteiger partial charge in [0.25, 0.3) is 0 Å². The van der Waals surface area contributed by atoms with Crippen molar-refractivity contribution in [2.45, 2.75) is 45.1 Å². The Morgan fingerprint density at radius 1 is 1.17 bits per heavy atom. The number of benzene rings is 2. The molecular weight excluding hydrogens is 573 g/mol. The third kappa shape index (κ3) is 7.38. The molecule has 1 aliphatic rings. The number of likely N-dealkylation sites (tertiary alicyclic amines) is 1. The van der Waals surface area contributed by atoms with Crippen molar-refractivity contribution in [3.63, 3.8) is 0 Å². The number of piperidine rings is 1. The number of hydrogen-bond acceptors (Lipinski definition) is 6. The molecule has 2 aromatic carbocycles. The lowest BCUT2D eigenvalue weighted by Crippen LogP contribution is -2.46. The number of halogens is 4. The van der Waals surface area contributed by atoms with Gasteiger partial charge in [-0.05, 0) is 48.7 Å². The van der Waals surface area contributed by atoms with Gasteiger partial charge in [-0.1, -0.05) is 37.8 Å². The monoisotopic (exact) mass is 609 g/mol. The van der Waals surface area contributed by atoms with Crippen LogP contribution in [0.25, 0.3) is 10.1 Å². The van der Waals surface area contributed by atoms with Crippen molar-refractivity contribution in [3.05, 3.63) is 46.8 Å². The first-order valence-electron chi connectivity index (χ1n) is 13.7. The number of nitrogens with one attached hydrogen (secondary N) is 2. The van der Waals surface area contributed by atoms with E-state index in [0.29, 0.717) is 57.4 Å². The zero-order chi connectivity index (χ0) is 29.8. The Balaban J connectivity index is 1.59. The van der Waals surface area contributed by atoms with E-state index in [1.165, 1.54) is 18.4 Å². The number of nitrogens with zero attached hydrogens (tertiary/aromatic N) is 1. The van der Waals surface area contributed by atoms with E-state index >= 15 is 0 Å². The number of ether oxygens (including phenoxy) is 1. The highest BCUT2D eigenvalue weighted by Gasteiger charge is 2.32. The first kappa shape index (κ1) is 31.2. The van der Waals surface area contributed by atoms with Crippen LogP contribution in [0.15, 0.2) is 36.4 Å². The number of fused-ring (bicyclic) bond motifs is 1. The maximum absolute atomic E-state index is 14.7. The third-order valence-electron chi connectivity index (χ3n) is 7.53. The smallest absolute Gasteiger partial charge is 0.393 e. The molecule has 4 rings (SSSR count). The van der Waals surface area contributed by atoms with Gasteiger partial charge in [-0.3, -0.25) is 0 Å². The lowest BCUT2D eigenvalue weighted by Gasteiger charge is -2.33. The number of hydrogen-bond donors (Lipinski definition) is 2. The van der Waals surface area contributed by atoms with Gasteiger partial charge in [0.05, 0.1) is 47.1 Å². The van der Waals surface area contributed by atoms with Crippen LogP contribution >= 0.6 is 18.5 Å². The van der Waals surface area contributed by atoms with Gasteiger partial charge in [0.15, 0.2) is 0 Å². The molecule has 5 nitrogen and oxygen atoms in total. The summed E-state index contributed by atoms with van der Waals surface area (Å²) in [6.07, 6.45) is -4.86. The fourth-order valence-corrected chi connectivity index (χ4v) is 8.16. The number of methoxy groups -OCH3 is 1. The molecule has 0 aliphatic carbocycles. The number of thiophene rings is 1. The summed E-state index contributed by atoms with van der Waals surface area (Å²) >= 11 is 1.19. The lowest BCUT2D eigenvalue weighted by atomic mass is 10.0. The van der Waals surface area contributed by atoms with Crippen LogP contribution in [0.1, 0.15) is 30.7 Å². The summed E-state index contributed by atoms with van der Waals surface area (Å²) in [5.74, 6) is 6.43. The minimum Gasteiger partial charge on any atom is -0.495 e. The molecule has 0 radical (unpaired) electrons. The van der Waals surface area contributed by atoms with Crippen LogP contribution in [0, 0.1) is 11.8 Å². The summed E-state index contributed by atoms with van der Waals surface area (Å²) < 4.78 is 74.7. The van der Waals surface area contributed by atoms with Crippen LogP contribution in [-0.2, 0) is 11.0 Å². The average molecular weight is 610 g/mol. The normalized spacial score (nSPS) is 18.1. The van der Waals surface area contributed by atoms with E-state index in [0.717, 1.165) is 11.8 Å². The van der Waals surface area contributed by atoms with Crippen LogP contribution in [0.3, 0.4) is 0 Å². The Hall–Kier alpha value is -2.73. The largest absolute Gasteiger partial charge is 0.495 e. The predicted molar refractivity (Wildman–Crippen MR) is 163 cm³/mol. The van der Waals surface area contributed by atoms with Crippen molar-refractivity contribution in [2.24, 2.45) is 0 Å². The lowest BCUT2D eigenvalue weighted by molar-refractivity contribution is -0.126. The molecule has 2 atom stereocenters. The molecule has 0 spiro atoms. The van der Waals surface area contributed by atoms with E-state index in [9.17, 15) is 22.1 Å². The van der Waals surface area contributed by atoms with E-state index < -0.39 is 32.0 Å². The standard InChI is InChI=1S/C30H36F4N3O2PS/c1-5-40(38,6-2)20-12-13-25(27(17-20)39-4)35-15-8-11-28-22(18-30(32,33)34)21-9-7-10-26(29(21)41-28)36-24-14-16-37(3)19-23(24)31/h7,9-10,12-13,17,23-24,35-36H,5-6,14-16,18-19H2,1-4H3/t23-,24-/m1/s1. The van der Waals surface area contributed by atoms with Gasteiger partial charge in [0, 0.05) is 30.7 Å². The maximum atomic E-state index is 14.7. The van der Waals surface area contributed by atoms with E-state index in [2.05, 4.69) is 22.5 Å². The Bertz CT molecular complexity index is 1470. The third-order valence-corrected chi connectivity index (χ3v) is 12.0. The highest BCUT2D eigenvalue weighted by Crippen LogP contribution is 2.45. The molecule has 1 aliphatic heterocycles. The first-order valence-corrected chi connectivity index (χ1v) is 16.6. The minimum atomic E-state index is -4.41. The van der Waals surface area contributed by atoms with E-state index in [1.807, 2.05) is 31.9 Å². The van der Waals surface area contributed by atoms with Crippen molar-refractivity contribution in [3.8, 4) is 17.6 Å². The van der Waals surface area contributed by atoms with Crippen molar-refractivity contribution in [2.75, 3.05) is 56.7 Å². The molecule has 1 fully saturated rings. The predicted octanol–water partition coefficient (Wildman–Crippen LogP) is 6.96. The van der Waals surface area contributed by atoms with Crippen LogP contribution in [-0.4, -0.2) is 69.4 Å². The van der Waals surface area contributed by atoms with E-state index in [1.54, 1.807) is 30.3 Å². The molecule has 11 heteroatoms. The Morgan fingerprint density at radius 2 is 1.93 bits per heavy atom. The van der Waals surface area contributed by atoms with Gasteiger partial charge < -0.3 is 24.8 Å². The molecule has 0 unspecified atom stereocenters. The molecule has 41 heavy (non-hydrogen) atoms. The van der Waals surface area contributed by atoms with Crippen LogP contribution in [0.2, 0.25) is 0 Å². The SMILES string of the molecule is CCP(=O)(CC)c1ccc(NCC#Cc2sc3c(N[C@@H]4CCN(C)C[C@H]4F)cccc3c2CC(F)(F)F)c(OC)c1. The molecule has 0 saturated carbocycles. The molecule has 0 amide bonds. The highest BCUT2D eigenvalue weighted by atomic mass is 32.1. The Labute approximate surface area is 243 Å². The Kier molecular flexibility index (Phi) is 9.94. The minimum absolute atomic E-state index is 0.130. The van der Waals surface area contributed by atoms with Crippen LogP contribution in [0.5, 0.6) is 5.75 Å². The molecule has 0 bridgehead atoms. The second kappa shape index (κ2) is 13.1. The fourth-order valence-electron chi connectivity index (χ4n) is 5.11. The second-order valence-electron chi connectivity index (χ2n) is 10.3. The molecular formula is C30H36F4N3O2PS. The highest BCUT2D eigenvalue weighted by molar-refractivity contribution is 7.71. The summed E-state index contributed by atoms with van der Waals surface area (Å²) in [6, 6.07) is 10.1. The maximum Gasteiger partial charge on any atom is 0.393 e. The van der Waals surface area contributed by atoms with Gasteiger partial charge in [0.2, 0.25) is 0 Å². The summed E-state index contributed by atoms with van der Waals surface area (Å²) in [4.78, 5) is 2.26. The topological polar surface area (TPSA) is 53.6 Å². The molecule has 2 heterocycles. The molecule has 1 saturated heterocycles. The average Bonchev–Trinajstić information content (AvgIpc) is 3.28. The number of rotatable bonds is 9. The van der Waals surface area contributed by atoms with Gasteiger partial charge >= 0.3 is 6.18 Å².